The van der Waals surface area contributed by atoms with Crippen molar-refractivity contribution in [2.45, 2.75) is 33.6 Å². The topological polar surface area (TPSA) is 43.1 Å². The lowest BCUT2D eigenvalue weighted by molar-refractivity contribution is -0.121. The maximum atomic E-state index is 10.9. The standard InChI is InChI=1S/C9H19NO/c1-7(5-4-6-10)8(2)9(3)11/h7-8H,4-6,10H2,1-3H3. The van der Waals surface area contributed by atoms with Crippen LogP contribution in [0.2, 0.25) is 0 Å². The molecule has 2 unspecified atom stereocenters. The third-order valence-electron chi connectivity index (χ3n) is 2.36. The van der Waals surface area contributed by atoms with E-state index in [4.69, 9.17) is 5.73 Å². The van der Waals surface area contributed by atoms with Gasteiger partial charge in [-0.3, -0.25) is 4.79 Å². The average Bonchev–Trinajstić information content (AvgIpc) is 1.98. The molecule has 2 atom stereocenters. The van der Waals surface area contributed by atoms with Crippen molar-refractivity contribution in [3.8, 4) is 0 Å². The molecular formula is C9H19NO. The first-order chi connectivity index (χ1) is 5.09. The van der Waals surface area contributed by atoms with Gasteiger partial charge in [0.05, 0.1) is 0 Å². The highest BCUT2D eigenvalue weighted by Crippen LogP contribution is 2.16. The van der Waals surface area contributed by atoms with Crippen LogP contribution < -0.4 is 5.73 Å². The highest BCUT2D eigenvalue weighted by Gasteiger charge is 2.15. The van der Waals surface area contributed by atoms with Gasteiger partial charge in [-0.15, -0.1) is 0 Å². The predicted molar refractivity (Wildman–Crippen MR) is 47.3 cm³/mol. The highest BCUT2D eigenvalue weighted by atomic mass is 16.1. The van der Waals surface area contributed by atoms with E-state index in [1.54, 1.807) is 6.92 Å². The largest absolute Gasteiger partial charge is 0.330 e. The van der Waals surface area contributed by atoms with Crippen LogP contribution in [0.25, 0.3) is 0 Å². The van der Waals surface area contributed by atoms with Crippen LogP contribution in [0.1, 0.15) is 33.6 Å². The van der Waals surface area contributed by atoms with Crippen LogP contribution in [0.4, 0.5) is 0 Å². The first kappa shape index (κ1) is 10.6. The molecular weight excluding hydrogens is 138 g/mol. The Balaban J connectivity index is 3.63. The molecule has 0 aliphatic rings. The van der Waals surface area contributed by atoms with Crippen molar-refractivity contribution >= 4 is 5.78 Å². The number of carbonyl (C=O) groups excluding carboxylic acids is 1. The van der Waals surface area contributed by atoms with Crippen LogP contribution in [0.5, 0.6) is 0 Å². The minimum atomic E-state index is 0.196. The average molecular weight is 157 g/mol. The monoisotopic (exact) mass is 157 g/mol. The van der Waals surface area contributed by atoms with Gasteiger partial charge in [0.25, 0.3) is 0 Å². The SMILES string of the molecule is CC(=O)C(C)C(C)CCCN. The number of rotatable bonds is 5. The molecule has 0 aromatic rings. The van der Waals surface area contributed by atoms with Crippen LogP contribution in [0, 0.1) is 11.8 Å². The number of ketones is 1. The molecule has 0 saturated carbocycles. The summed E-state index contributed by atoms with van der Waals surface area (Å²) < 4.78 is 0. The fourth-order valence-corrected chi connectivity index (χ4v) is 1.09. The van der Waals surface area contributed by atoms with Crippen LogP contribution in [0.3, 0.4) is 0 Å². The Bertz CT molecular complexity index is 123. The van der Waals surface area contributed by atoms with Crippen molar-refractivity contribution in [3.05, 3.63) is 0 Å². The van der Waals surface area contributed by atoms with E-state index in [1.807, 2.05) is 6.92 Å². The lowest BCUT2D eigenvalue weighted by Gasteiger charge is -2.16. The van der Waals surface area contributed by atoms with Crippen LogP contribution in [-0.4, -0.2) is 12.3 Å². The molecule has 0 radical (unpaired) electrons. The Morgan fingerprint density at radius 3 is 2.36 bits per heavy atom. The molecule has 66 valence electrons. The summed E-state index contributed by atoms with van der Waals surface area (Å²) >= 11 is 0. The van der Waals surface area contributed by atoms with Crippen molar-refractivity contribution in [2.24, 2.45) is 17.6 Å². The van der Waals surface area contributed by atoms with E-state index in [2.05, 4.69) is 6.92 Å². The number of carbonyl (C=O) groups is 1. The highest BCUT2D eigenvalue weighted by molar-refractivity contribution is 5.78. The summed E-state index contributed by atoms with van der Waals surface area (Å²) in [6, 6.07) is 0. The summed E-state index contributed by atoms with van der Waals surface area (Å²) in [7, 11) is 0. The van der Waals surface area contributed by atoms with Gasteiger partial charge in [-0.25, -0.2) is 0 Å². The van der Waals surface area contributed by atoms with Crippen LogP contribution >= 0.6 is 0 Å². The first-order valence-corrected chi connectivity index (χ1v) is 4.30. The van der Waals surface area contributed by atoms with Crippen molar-refractivity contribution in [1.82, 2.24) is 0 Å². The minimum absolute atomic E-state index is 0.196. The van der Waals surface area contributed by atoms with Crippen molar-refractivity contribution in [3.63, 3.8) is 0 Å². The van der Waals surface area contributed by atoms with Crippen molar-refractivity contribution in [1.29, 1.82) is 0 Å². The third-order valence-corrected chi connectivity index (χ3v) is 2.36. The molecule has 0 amide bonds. The molecule has 2 N–H and O–H groups in total. The Kier molecular flexibility index (Phi) is 5.12. The van der Waals surface area contributed by atoms with Gasteiger partial charge in [0.2, 0.25) is 0 Å². The van der Waals surface area contributed by atoms with Gasteiger partial charge in [0.1, 0.15) is 5.78 Å². The van der Waals surface area contributed by atoms with Gasteiger partial charge in [-0.05, 0) is 32.2 Å². The number of hydrogen-bond donors (Lipinski definition) is 1. The van der Waals surface area contributed by atoms with Crippen LogP contribution in [-0.2, 0) is 4.79 Å². The van der Waals surface area contributed by atoms with Gasteiger partial charge in [-0.1, -0.05) is 13.8 Å². The molecule has 0 spiro atoms. The maximum Gasteiger partial charge on any atom is 0.132 e. The molecule has 0 rings (SSSR count). The number of hydrogen-bond acceptors (Lipinski definition) is 2. The van der Waals surface area contributed by atoms with Crippen molar-refractivity contribution < 1.29 is 4.79 Å². The Morgan fingerprint density at radius 1 is 1.45 bits per heavy atom. The molecule has 0 aromatic carbocycles. The molecule has 0 aliphatic carbocycles. The Morgan fingerprint density at radius 2 is 2.00 bits per heavy atom. The smallest absolute Gasteiger partial charge is 0.132 e. The first-order valence-electron chi connectivity index (χ1n) is 4.30. The summed E-state index contributed by atoms with van der Waals surface area (Å²) in [5.41, 5.74) is 5.37. The van der Waals surface area contributed by atoms with E-state index in [9.17, 15) is 4.79 Å². The van der Waals surface area contributed by atoms with Gasteiger partial charge in [0, 0.05) is 5.92 Å². The zero-order valence-electron chi connectivity index (χ0n) is 7.76. The second kappa shape index (κ2) is 5.30. The summed E-state index contributed by atoms with van der Waals surface area (Å²) in [5, 5.41) is 0. The fraction of sp³-hybridized carbons (Fsp3) is 0.889. The summed E-state index contributed by atoms with van der Waals surface area (Å²) in [4.78, 5) is 10.9. The Labute approximate surface area is 69.2 Å². The number of nitrogens with two attached hydrogens (primary N) is 1. The molecule has 0 fully saturated rings. The van der Waals surface area contributed by atoms with E-state index < -0.39 is 0 Å². The zero-order valence-corrected chi connectivity index (χ0v) is 7.76. The van der Waals surface area contributed by atoms with Crippen molar-refractivity contribution in [2.75, 3.05) is 6.54 Å². The molecule has 2 nitrogen and oxygen atoms in total. The maximum absolute atomic E-state index is 10.9. The molecule has 0 saturated heterocycles. The predicted octanol–water partition coefficient (Wildman–Crippen LogP) is 1.59. The lowest BCUT2D eigenvalue weighted by Crippen LogP contribution is -2.17. The van der Waals surface area contributed by atoms with Gasteiger partial charge in [0.15, 0.2) is 0 Å². The third kappa shape index (κ3) is 4.14. The lowest BCUT2D eigenvalue weighted by atomic mass is 9.89. The van der Waals surface area contributed by atoms with Gasteiger partial charge < -0.3 is 5.73 Å². The summed E-state index contributed by atoms with van der Waals surface area (Å²) in [6.45, 7) is 6.49. The quantitative estimate of drug-likeness (QED) is 0.658. The van der Waals surface area contributed by atoms with E-state index >= 15 is 0 Å². The van der Waals surface area contributed by atoms with E-state index in [1.165, 1.54) is 0 Å². The second-order valence-corrected chi connectivity index (χ2v) is 3.31. The molecule has 0 heterocycles. The summed E-state index contributed by atoms with van der Waals surface area (Å²) in [5.74, 6) is 0.965. The van der Waals surface area contributed by atoms with E-state index in [-0.39, 0.29) is 11.7 Å². The van der Waals surface area contributed by atoms with Gasteiger partial charge >= 0.3 is 0 Å². The zero-order chi connectivity index (χ0) is 8.85. The minimum Gasteiger partial charge on any atom is -0.330 e. The molecule has 0 aromatic heterocycles. The Hall–Kier alpha value is -0.370. The van der Waals surface area contributed by atoms with Gasteiger partial charge in [-0.2, -0.15) is 0 Å². The number of Topliss-reactive ketones (excluding diaryl/α,β-unsaturated/α-hetero) is 1. The van der Waals surface area contributed by atoms with Crippen LogP contribution in [0.15, 0.2) is 0 Å². The second-order valence-electron chi connectivity index (χ2n) is 3.31. The molecule has 2 heteroatoms. The van der Waals surface area contributed by atoms with E-state index in [0.717, 1.165) is 19.4 Å². The summed E-state index contributed by atoms with van der Waals surface area (Å²) in [6.07, 6.45) is 2.09. The fourth-order valence-electron chi connectivity index (χ4n) is 1.09. The normalized spacial score (nSPS) is 16.0. The molecule has 11 heavy (non-hydrogen) atoms. The molecule has 0 bridgehead atoms. The molecule has 0 aliphatic heterocycles. The van der Waals surface area contributed by atoms with E-state index in [0.29, 0.717) is 5.92 Å².